The van der Waals surface area contributed by atoms with Crippen LogP contribution in [0.4, 0.5) is 5.82 Å². The molecule has 1 atom stereocenters. The first-order chi connectivity index (χ1) is 13.6. The van der Waals surface area contributed by atoms with Gasteiger partial charge in [-0.3, -0.25) is 0 Å². The highest BCUT2D eigenvalue weighted by molar-refractivity contribution is 5.66. The minimum Gasteiger partial charge on any atom is -0.507 e. The normalized spacial score (nSPS) is 14.2. The Balaban J connectivity index is 1.90. The summed E-state index contributed by atoms with van der Waals surface area (Å²) in [5.41, 5.74) is 7.52. The number of fused-ring (bicyclic) bond motifs is 1. The van der Waals surface area contributed by atoms with Crippen LogP contribution in [-0.2, 0) is 0 Å². The molecule has 1 heterocycles. The second-order valence-corrected chi connectivity index (χ2v) is 7.51. The average Bonchev–Trinajstić information content (AvgIpc) is 2.88. The van der Waals surface area contributed by atoms with E-state index in [9.17, 15) is 5.11 Å². The van der Waals surface area contributed by atoms with Gasteiger partial charge in [-0.25, -0.2) is 9.97 Å². The fraction of sp³-hybridized carbons (Fsp3) is 0.391. The van der Waals surface area contributed by atoms with Crippen LogP contribution in [0.3, 0.4) is 0 Å². The van der Waals surface area contributed by atoms with Crippen molar-refractivity contribution in [3.05, 3.63) is 46.5 Å². The van der Waals surface area contributed by atoms with Gasteiger partial charge in [-0.05, 0) is 56.9 Å². The van der Waals surface area contributed by atoms with Gasteiger partial charge in [0.25, 0.3) is 0 Å². The number of aromatic nitrogens is 2. The maximum absolute atomic E-state index is 10.2. The van der Waals surface area contributed by atoms with E-state index in [0.29, 0.717) is 17.3 Å². The van der Waals surface area contributed by atoms with E-state index < -0.39 is 0 Å². The number of aromatic hydroxyl groups is 1. The summed E-state index contributed by atoms with van der Waals surface area (Å²) in [5, 5.41) is 15.7. The number of nitrogens with zero attached hydrogens (tertiary/aromatic N) is 2. The highest BCUT2D eigenvalue weighted by Gasteiger charge is 2.11. The van der Waals surface area contributed by atoms with E-state index in [0.717, 1.165) is 55.2 Å². The van der Waals surface area contributed by atoms with Gasteiger partial charge in [0.2, 0.25) is 0 Å². The second-order valence-electron chi connectivity index (χ2n) is 7.51. The van der Waals surface area contributed by atoms with Crippen LogP contribution in [0.5, 0.6) is 5.75 Å². The van der Waals surface area contributed by atoms with Crippen LogP contribution in [0.25, 0.3) is 23.5 Å². The Morgan fingerprint density at radius 1 is 1.18 bits per heavy atom. The summed E-state index contributed by atoms with van der Waals surface area (Å²) in [6, 6.07) is 7.20. The molecular weight excluding hydrogens is 348 g/mol. The summed E-state index contributed by atoms with van der Waals surface area (Å²) in [6.45, 7) is 5.86. The van der Waals surface area contributed by atoms with Crippen LogP contribution < -0.4 is 21.6 Å². The molecule has 0 spiro atoms. The molecule has 0 radical (unpaired) electrons. The van der Waals surface area contributed by atoms with Gasteiger partial charge in [0.15, 0.2) is 5.82 Å². The molecular formula is C23H30N4O. The standard InChI is InChI=1S/C23H30N4O/c1-16-9-7-11-18-20(14-16)26-23(19-10-3-4-12-21(19)28)27-22(18)25-13-6-5-8-17(2)15-24/h3-4,9-12,14,17,28H,5-8,13,15,24H2,1-2H3,(H,25,26,27). The van der Waals surface area contributed by atoms with E-state index in [1.807, 2.05) is 12.1 Å². The van der Waals surface area contributed by atoms with Crippen LogP contribution >= 0.6 is 0 Å². The van der Waals surface area contributed by atoms with Crippen molar-refractivity contribution >= 4 is 18.0 Å². The van der Waals surface area contributed by atoms with Crippen molar-refractivity contribution in [1.29, 1.82) is 0 Å². The third-order valence-electron chi connectivity index (χ3n) is 5.06. The van der Waals surface area contributed by atoms with Crippen molar-refractivity contribution in [3.8, 4) is 17.1 Å². The highest BCUT2D eigenvalue weighted by Crippen LogP contribution is 2.25. The molecule has 0 saturated heterocycles. The summed E-state index contributed by atoms with van der Waals surface area (Å²) in [5.74, 6) is 2.12. The summed E-state index contributed by atoms with van der Waals surface area (Å²) in [7, 11) is 0. The smallest absolute Gasteiger partial charge is 0.165 e. The lowest BCUT2D eigenvalue weighted by Crippen LogP contribution is -2.33. The van der Waals surface area contributed by atoms with E-state index in [1.165, 1.54) is 5.57 Å². The van der Waals surface area contributed by atoms with Gasteiger partial charge >= 0.3 is 0 Å². The number of hydrogen-bond acceptors (Lipinski definition) is 5. The number of benzene rings is 1. The topological polar surface area (TPSA) is 84.1 Å². The first-order valence-corrected chi connectivity index (χ1v) is 10.1. The molecule has 0 fully saturated rings. The molecule has 1 unspecified atom stereocenters. The lowest BCUT2D eigenvalue weighted by Gasteiger charge is -2.11. The molecule has 2 aromatic rings. The largest absolute Gasteiger partial charge is 0.507 e. The molecule has 1 aromatic carbocycles. The van der Waals surface area contributed by atoms with Crippen molar-refractivity contribution in [2.75, 3.05) is 18.4 Å². The van der Waals surface area contributed by atoms with Crippen molar-refractivity contribution < 1.29 is 5.11 Å². The quantitative estimate of drug-likeness (QED) is 0.615. The predicted octanol–water partition coefficient (Wildman–Crippen LogP) is 2.94. The molecule has 3 rings (SSSR count). The Hall–Kier alpha value is -2.66. The molecule has 4 N–H and O–H groups in total. The predicted molar refractivity (Wildman–Crippen MR) is 116 cm³/mol. The molecule has 0 bridgehead atoms. The number of hydrogen-bond donors (Lipinski definition) is 3. The Morgan fingerprint density at radius 3 is 2.79 bits per heavy atom. The molecule has 1 aliphatic rings. The SMILES string of the molecule is CC1=CCC=c2c(NCCCCC(C)CN)nc(-c3ccccc3O)nc2=C1. The average molecular weight is 379 g/mol. The second kappa shape index (κ2) is 9.51. The molecule has 5 heteroatoms. The van der Waals surface area contributed by atoms with Gasteiger partial charge in [-0.2, -0.15) is 0 Å². The van der Waals surface area contributed by atoms with Crippen LogP contribution in [0.1, 0.15) is 39.5 Å². The van der Waals surface area contributed by atoms with Crippen molar-refractivity contribution in [1.82, 2.24) is 9.97 Å². The zero-order valence-electron chi connectivity index (χ0n) is 16.8. The summed E-state index contributed by atoms with van der Waals surface area (Å²) in [6.07, 6.45) is 10.6. The van der Waals surface area contributed by atoms with Gasteiger partial charge in [-0.15, -0.1) is 0 Å². The van der Waals surface area contributed by atoms with Crippen LogP contribution in [0.2, 0.25) is 0 Å². The van der Waals surface area contributed by atoms with E-state index in [4.69, 9.17) is 15.7 Å². The van der Waals surface area contributed by atoms with Gasteiger partial charge in [0.05, 0.1) is 10.9 Å². The molecule has 0 saturated carbocycles. The lowest BCUT2D eigenvalue weighted by atomic mass is 10.0. The number of para-hydroxylation sites is 1. The molecule has 0 aliphatic heterocycles. The highest BCUT2D eigenvalue weighted by atomic mass is 16.3. The van der Waals surface area contributed by atoms with E-state index >= 15 is 0 Å². The molecule has 5 nitrogen and oxygen atoms in total. The maximum atomic E-state index is 10.2. The lowest BCUT2D eigenvalue weighted by molar-refractivity contribution is 0.477. The molecule has 1 aliphatic carbocycles. The van der Waals surface area contributed by atoms with Gasteiger partial charge < -0.3 is 16.2 Å². The molecule has 0 amide bonds. The van der Waals surface area contributed by atoms with Crippen molar-refractivity contribution in [2.24, 2.45) is 11.7 Å². The van der Waals surface area contributed by atoms with E-state index in [2.05, 4.69) is 37.4 Å². The number of unbranched alkanes of at least 4 members (excludes halogenated alkanes) is 1. The maximum Gasteiger partial charge on any atom is 0.165 e. The summed E-state index contributed by atoms with van der Waals surface area (Å²) < 4.78 is 0. The van der Waals surface area contributed by atoms with Gasteiger partial charge in [-0.1, -0.05) is 43.2 Å². The molecule has 28 heavy (non-hydrogen) atoms. The fourth-order valence-corrected chi connectivity index (χ4v) is 3.30. The number of allylic oxidation sites excluding steroid dienone is 2. The Kier molecular flexibility index (Phi) is 6.82. The van der Waals surface area contributed by atoms with Gasteiger partial charge in [0, 0.05) is 11.8 Å². The number of phenolic OH excluding ortho intramolecular Hbond substituents is 1. The first kappa shape index (κ1) is 20.1. The molecule has 1 aromatic heterocycles. The zero-order chi connectivity index (χ0) is 19.9. The first-order valence-electron chi connectivity index (χ1n) is 10.1. The third-order valence-corrected chi connectivity index (χ3v) is 5.06. The summed E-state index contributed by atoms with van der Waals surface area (Å²) in [4.78, 5) is 9.50. The summed E-state index contributed by atoms with van der Waals surface area (Å²) >= 11 is 0. The Morgan fingerprint density at radius 2 is 2.00 bits per heavy atom. The van der Waals surface area contributed by atoms with E-state index in [-0.39, 0.29) is 5.75 Å². The van der Waals surface area contributed by atoms with Gasteiger partial charge in [0.1, 0.15) is 11.6 Å². The molecule has 148 valence electrons. The fourth-order valence-electron chi connectivity index (χ4n) is 3.30. The number of nitrogens with one attached hydrogen (secondary N) is 1. The number of phenols is 1. The van der Waals surface area contributed by atoms with Crippen molar-refractivity contribution in [3.63, 3.8) is 0 Å². The monoisotopic (exact) mass is 378 g/mol. The third kappa shape index (κ3) is 4.98. The van der Waals surface area contributed by atoms with Crippen LogP contribution in [0, 0.1) is 5.92 Å². The minimum absolute atomic E-state index is 0.189. The number of rotatable bonds is 8. The number of nitrogens with two attached hydrogens (primary N) is 1. The minimum atomic E-state index is 0.189. The zero-order valence-corrected chi connectivity index (χ0v) is 16.8. The van der Waals surface area contributed by atoms with Crippen molar-refractivity contribution in [2.45, 2.75) is 39.5 Å². The number of anilines is 1. The van der Waals surface area contributed by atoms with E-state index in [1.54, 1.807) is 12.1 Å². The Bertz CT molecular complexity index is 965. The van der Waals surface area contributed by atoms with Crippen LogP contribution in [0.15, 0.2) is 35.9 Å². The Labute approximate surface area is 166 Å². The van der Waals surface area contributed by atoms with Crippen LogP contribution in [-0.4, -0.2) is 28.2 Å².